The third kappa shape index (κ3) is 5.18. The maximum atomic E-state index is 13.1. The van der Waals surface area contributed by atoms with Gasteiger partial charge in [0.1, 0.15) is 5.75 Å². The van der Waals surface area contributed by atoms with E-state index in [0.717, 1.165) is 55.2 Å². The van der Waals surface area contributed by atoms with Crippen molar-refractivity contribution < 1.29 is 14.2 Å². The normalized spacial score (nSPS) is 11.0. The number of rotatable bonds is 12. The van der Waals surface area contributed by atoms with Crippen LogP contribution in [0, 0.1) is 0 Å². The maximum absolute atomic E-state index is 13.1. The number of hydrogen-bond donors (Lipinski definition) is 0. The first-order chi connectivity index (χ1) is 13.2. The first kappa shape index (κ1) is 21.1. The van der Waals surface area contributed by atoms with Gasteiger partial charge in [0.15, 0.2) is 5.75 Å². The molecule has 0 amide bonds. The van der Waals surface area contributed by atoms with Crippen LogP contribution in [0.15, 0.2) is 23.0 Å². The van der Waals surface area contributed by atoms with Crippen LogP contribution in [0.1, 0.15) is 59.3 Å². The molecule has 150 valence electrons. The van der Waals surface area contributed by atoms with Gasteiger partial charge in [0.25, 0.3) is 5.56 Å². The smallest absolute Gasteiger partial charge is 0.297 e. The molecule has 2 rings (SSSR count). The Morgan fingerprint density at radius 3 is 2.19 bits per heavy atom. The van der Waals surface area contributed by atoms with Gasteiger partial charge >= 0.3 is 0 Å². The van der Waals surface area contributed by atoms with Crippen molar-refractivity contribution in [1.82, 2.24) is 4.57 Å². The van der Waals surface area contributed by atoms with Gasteiger partial charge in [-0.3, -0.25) is 4.79 Å². The Hall–Kier alpha value is -2.17. The molecular formula is C22H33NO4. The van der Waals surface area contributed by atoms with E-state index < -0.39 is 0 Å². The third-order valence-electron chi connectivity index (χ3n) is 4.60. The van der Waals surface area contributed by atoms with Crippen LogP contribution >= 0.6 is 0 Å². The van der Waals surface area contributed by atoms with Gasteiger partial charge in [0.05, 0.1) is 25.8 Å². The molecule has 0 saturated heterocycles. The average Bonchev–Trinajstić information content (AvgIpc) is 2.68. The van der Waals surface area contributed by atoms with Crippen LogP contribution in [0.5, 0.6) is 17.2 Å². The minimum Gasteiger partial charge on any atom is -0.494 e. The Bertz CT molecular complexity index is 782. The number of hydrogen-bond acceptors (Lipinski definition) is 4. The van der Waals surface area contributed by atoms with Crippen molar-refractivity contribution in [3.05, 3.63) is 28.6 Å². The number of unbranched alkanes of at least 4 members (excludes halogenated alkanes) is 3. The van der Waals surface area contributed by atoms with E-state index in [1.807, 2.05) is 18.2 Å². The van der Waals surface area contributed by atoms with E-state index >= 15 is 0 Å². The fourth-order valence-electron chi connectivity index (χ4n) is 2.98. The topological polar surface area (TPSA) is 49.7 Å². The van der Waals surface area contributed by atoms with E-state index in [4.69, 9.17) is 14.2 Å². The molecule has 0 aliphatic carbocycles. The zero-order chi connectivity index (χ0) is 19.6. The lowest BCUT2D eigenvalue weighted by molar-refractivity contribution is 0.288. The van der Waals surface area contributed by atoms with Gasteiger partial charge in [-0.05, 0) is 31.4 Å². The molecule has 0 saturated carbocycles. The number of aromatic nitrogens is 1. The fourth-order valence-corrected chi connectivity index (χ4v) is 2.98. The van der Waals surface area contributed by atoms with E-state index in [1.165, 1.54) is 7.11 Å². The lowest BCUT2D eigenvalue weighted by Gasteiger charge is -2.18. The van der Waals surface area contributed by atoms with Crippen molar-refractivity contribution in [2.45, 2.75) is 65.8 Å². The summed E-state index contributed by atoms with van der Waals surface area (Å²) < 4.78 is 19.1. The zero-order valence-corrected chi connectivity index (χ0v) is 17.2. The molecule has 0 unspecified atom stereocenters. The average molecular weight is 376 g/mol. The number of benzene rings is 1. The lowest BCUT2D eigenvalue weighted by atomic mass is 10.1. The van der Waals surface area contributed by atoms with Crippen molar-refractivity contribution in [3.8, 4) is 17.2 Å². The number of nitrogens with zero attached hydrogens (tertiary/aromatic N) is 1. The molecule has 1 heterocycles. The van der Waals surface area contributed by atoms with Crippen LogP contribution in [-0.4, -0.2) is 24.9 Å². The summed E-state index contributed by atoms with van der Waals surface area (Å²) >= 11 is 0. The second-order valence-corrected chi connectivity index (χ2v) is 6.76. The van der Waals surface area contributed by atoms with E-state index in [0.29, 0.717) is 25.5 Å². The second-order valence-electron chi connectivity index (χ2n) is 6.76. The van der Waals surface area contributed by atoms with Crippen LogP contribution in [0.3, 0.4) is 0 Å². The van der Waals surface area contributed by atoms with Gasteiger partial charge < -0.3 is 18.8 Å². The molecule has 27 heavy (non-hydrogen) atoms. The Morgan fingerprint density at radius 2 is 1.56 bits per heavy atom. The predicted octanol–water partition coefficient (Wildman–Crippen LogP) is 5.17. The summed E-state index contributed by atoms with van der Waals surface area (Å²) in [7, 11) is 1.53. The highest BCUT2D eigenvalue weighted by Gasteiger charge is 2.19. The summed E-state index contributed by atoms with van der Waals surface area (Å²) in [6.07, 6.45) is 5.99. The highest BCUT2D eigenvalue weighted by molar-refractivity contribution is 5.89. The molecule has 5 nitrogen and oxygen atoms in total. The van der Waals surface area contributed by atoms with Crippen molar-refractivity contribution in [2.75, 3.05) is 20.3 Å². The number of aryl methyl sites for hydroxylation is 1. The largest absolute Gasteiger partial charge is 0.494 e. The van der Waals surface area contributed by atoms with E-state index in [-0.39, 0.29) is 11.3 Å². The lowest BCUT2D eigenvalue weighted by Crippen LogP contribution is -2.23. The second kappa shape index (κ2) is 10.9. The van der Waals surface area contributed by atoms with Crippen molar-refractivity contribution in [2.24, 2.45) is 0 Å². The number of ether oxygens (including phenoxy) is 3. The van der Waals surface area contributed by atoms with Gasteiger partial charge in [0, 0.05) is 18.0 Å². The van der Waals surface area contributed by atoms with Crippen LogP contribution in [0.4, 0.5) is 0 Å². The fraction of sp³-hybridized carbons (Fsp3) is 0.591. The molecule has 5 heteroatoms. The molecule has 0 aliphatic rings. The first-order valence-corrected chi connectivity index (χ1v) is 10.2. The number of fused-ring (bicyclic) bond motifs is 1. The minimum absolute atomic E-state index is 0.143. The van der Waals surface area contributed by atoms with Crippen molar-refractivity contribution in [1.29, 1.82) is 0 Å². The van der Waals surface area contributed by atoms with E-state index in [2.05, 4.69) is 20.8 Å². The van der Waals surface area contributed by atoms with Crippen LogP contribution in [0.2, 0.25) is 0 Å². The van der Waals surface area contributed by atoms with Crippen molar-refractivity contribution >= 4 is 10.9 Å². The highest BCUT2D eigenvalue weighted by atomic mass is 16.5. The molecule has 0 fully saturated rings. The molecule has 0 bridgehead atoms. The first-order valence-electron chi connectivity index (χ1n) is 10.2. The summed E-state index contributed by atoms with van der Waals surface area (Å²) in [6, 6.07) is 5.87. The molecule has 0 radical (unpaired) electrons. The van der Waals surface area contributed by atoms with E-state index in [9.17, 15) is 4.79 Å². The van der Waals surface area contributed by atoms with Gasteiger partial charge in [-0.15, -0.1) is 0 Å². The Labute approximate surface area is 162 Å². The molecule has 2 aromatic rings. The van der Waals surface area contributed by atoms with Crippen molar-refractivity contribution in [3.63, 3.8) is 0 Å². The summed E-state index contributed by atoms with van der Waals surface area (Å²) in [4.78, 5) is 13.1. The summed E-state index contributed by atoms with van der Waals surface area (Å²) in [5.41, 5.74) is 0.699. The maximum Gasteiger partial charge on any atom is 0.297 e. The summed E-state index contributed by atoms with van der Waals surface area (Å²) in [6.45, 7) is 8.26. The Balaban J connectivity index is 2.56. The van der Waals surface area contributed by atoms with Gasteiger partial charge in [-0.1, -0.05) is 40.0 Å². The van der Waals surface area contributed by atoms with Gasteiger partial charge in [-0.25, -0.2) is 0 Å². The third-order valence-corrected chi connectivity index (χ3v) is 4.60. The van der Waals surface area contributed by atoms with E-state index in [1.54, 1.807) is 4.57 Å². The molecule has 0 N–H and O–H groups in total. The molecule has 1 aromatic carbocycles. The summed E-state index contributed by atoms with van der Waals surface area (Å²) in [5.74, 6) is 1.61. The monoisotopic (exact) mass is 375 g/mol. The molecule has 0 aliphatic heterocycles. The SMILES string of the molecule is CCCCOc1ccc2c(OCCCC)c(OC)c(=O)n(CCCC)c2c1. The van der Waals surface area contributed by atoms with Gasteiger partial charge in [-0.2, -0.15) is 0 Å². The summed E-state index contributed by atoms with van der Waals surface area (Å²) in [5, 5.41) is 0.890. The molecule has 0 atom stereocenters. The quantitative estimate of drug-likeness (QED) is 0.480. The zero-order valence-electron chi connectivity index (χ0n) is 17.2. The van der Waals surface area contributed by atoms with Crippen LogP contribution < -0.4 is 19.8 Å². The van der Waals surface area contributed by atoms with Gasteiger partial charge in [0.2, 0.25) is 5.75 Å². The molecule has 1 aromatic heterocycles. The highest BCUT2D eigenvalue weighted by Crippen LogP contribution is 2.35. The number of methoxy groups -OCH3 is 1. The Morgan fingerprint density at radius 1 is 0.889 bits per heavy atom. The molecular weight excluding hydrogens is 342 g/mol. The molecule has 0 spiro atoms. The van der Waals surface area contributed by atoms with Crippen LogP contribution in [0.25, 0.3) is 10.9 Å². The minimum atomic E-state index is -0.143. The van der Waals surface area contributed by atoms with Crippen LogP contribution in [-0.2, 0) is 6.54 Å². The predicted molar refractivity (Wildman–Crippen MR) is 110 cm³/mol. The number of pyridine rings is 1. The standard InChI is InChI=1S/C22H33NO4/c1-5-8-13-23-19-16-17(26-14-9-6-2)11-12-18(19)20(27-15-10-7-3)21(25-4)22(23)24/h11-12,16H,5-10,13-15H2,1-4H3. The Kier molecular flexibility index (Phi) is 8.49.